The number of ether oxygens (including phenoxy) is 1. The van der Waals surface area contributed by atoms with Gasteiger partial charge in [-0.2, -0.15) is 0 Å². The van der Waals surface area contributed by atoms with Crippen molar-refractivity contribution in [1.29, 1.82) is 0 Å². The summed E-state index contributed by atoms with van der Waals surface area (Å²) in [5.41, 5.74) is 5.13. The summed E-state index contributed by atoms with van der Waals surface area (Å²) in [6.45, 7) is 13.5. The molecule has 51 heavy (non-hydrogen) atoms. The Bertz CT molecular complexity index is 1330. The van der Waals surface area contributed by atoms with E-state index < -0.39 is 30.4 Å². The van der Waals surface area contributed by atoms with Crippen LogP contribution in [0.25, 0.3) is 0 Å². The van der Waals surface area contributed by atoms with E-state index in [2.05, 4.69) is 38.2 Å². The van der Waals surface area contributed by atoms with Crippen molar-refractivity contribution in [3.63, 3.8) is 0 Å². The number of carboxylic acids is 1. The third-order valence-electron chi connectivity index (χ3n) is 10.0. The van der Waals surface area contributed by atoms with E-state index in [9.17, 15) is 35.1 Å². The van der Waals surface area contributed by atoms with Crippen LogP contribution in [0.15, 0.2) is 82.5 Å². The number of carbonyl (C=O) groups excluding carboxylic acids is 1. The zero-order chi connectivity index (χ0) is 38.1. The van der Waals surface area contributed by atoms with Gasteiger partial charge in [-0.25, -0.2) is 4.79 Å². The van der Waals surface area contributed by atoms with E-state index in [0.29, 0.717) is 38.5 Å². The van der Waals surface area contributed by atoms with Gasteiger partial charge in [-0.05, 0) is 120 Å². The second-order valence-electron chi connectivity index (χ2n) is 15.3. The minimum atomic E-state index is -0.969. The van der Waals surface area contributed by atoms with Gasteiger partial charge < -0.3 is 30.3 Å². The van der Waals surface area contributed by atoms with E-state index in [-0.39, 0.29) is 42.2 Å². The van der Waals surface area contributed by atoms with Crippen LogP contribution in [0.4, 0.5) is 0 Å². The Morgan fingerprint density at radius 2 is 1.67 bits per heavy atom. The lowest BCUT2D eigenvalue weighted by molar-refractivity contribution is -0.151. The molecule has 0 bridgehead atoms. The Balaban J connectivity index is 2.16. The first kappa shape index (κ1) is 44.1. The number of aliphatic carboxylic acids is 1. The largest absolute Gasteiger partial charge is 0.478 e. The highest BCUT2D eigenvalue weighted by atomic mass is 16.5. The molecule has 0 saturated heterocycles. The first-order chi connectivity index (χ1) is 24.0. The molecule has 0 aromatic carbocycles. The van der Waals surface area contributed by atoms with E-state index in [4.69, 9.17) is 4.74 Å². The average molecular weight is 711 g/mol. The Morgan fingerprint density at radius 1 is 0.980 bits per heavy atom. The fourth-order valence-electron chi connectivity index (χ4n) is 7.15. The molecular formula is C43H66O8. The summed E-state index contributed by atoms with van der Waals surface area (Å²) in [6, 6.07) is 0. The molecule has 2 rings (SSSR count). The predicted molar refractivity (Wildman–Crippen MR) is 205 cm³/mol. The summed E-state index contributed by atoms with van der Waals surface area (Å²) in [4.78, 5) is 25.2. The maximum absolute atomic E-state index is 13.1. The van der Waals surface area contributed by atoms with Gasteiger partial charge in [0.15, 0.2) is 0 Å². The molecule has 1 heterocycles. The van der Waals surface area contributed by atoms with E-state index >= 15 is 0 Å². The fourth-order valence-corrected chi connectivity index (χ4v) is 7.15. The molecule has 1 aliphatic heterocycles. The zero-order valence-electron chi connectivity index (χ0n) is 32.1. The van der Waals surface area contributed by atoms with Crippen LogP contribution in [0.2, 0.25) is 0 Å². The lowest BCUT2D eigenvalue weighted by Crippen LogP contribution is -2.26. The summed E-state index contributed by atoms with van der Waals surface area (Å²) >= 11 is 0. The number of esters is 1. The van der Waals surface area contributed by atoms with E-state index in [1.807, 2.05) is 45.1 Å². The van der Waals surface area contributed by atoms with Gasteiger partial charge in [-0.15, -0.1) is 0 Å². The van der Waals surface area contributed by atoms with Crippen molar-refractivity contribution in [3.8, 4) is 0 Å². The maximum Gasteiger partial charge on any atom is 0.328 e. The van der Waals surface area contributed by atoms with Crippen LogP contribution in [0, 0.1) is 23.7 Å². The molecule has 0 aromatic rings. The number of hydrogen-bond donors (Lipinski definition) is 5. The normalized spacial score (nSPS) is 26.8. The number of aliphatic hydroxyl groups excluding tert-OH is 4. The molecule has 0 saturated carbocycles. The van der Waals surface area contributed by atoms with Gasteiger partial charge >= 0.3 is 11.9 Å². The lowest BCUT2D eigenvalue weighted by atomic mass is 9.78. The molecule has 0 radical (unpaired) electrons. The van der Waals surface area contributed by atoms with Crippen molar-refractivity contribution in [2.75, 3.05) is 0 Å². The molecule has 9 unspecified atom stereocenters. The first-order valence-electron chi connectivity index (χ1n) is 19.0. The minimum Gasteiger partial charge on any atom is -0.478 e. The summed E-state index contributed by atoms with van der Waals surface area (Å²) < 4.78 is 6.03. The standard InChI is InChI=1S/C43H66O8/c1-28(18-21-37(46)24-33(6)44)12-10-14-35-19-20-36(26-35)39(27-42(48)49)38-15-11-17-43(50)51-41(16-9-8-13-30(38)3)32(5)23-29(2)22-31(4)40(47)25-34(7)45/h8-10,12,14,18,22,26-27,30-34,37-38,40-41,44-47H,11,13,15-17,19-21,23-25H2,1-7H3,(H,48,49)/b9-8+,12-10?,28-18+,29-22+,35-14?,39-27-. The van der Waals surface area contributed by atoms with E-state index in [1.54, 1.807) is 13.8 Å². The molecule has 0 amide bonds. The highest BCUT2D eigenvalue weighted by molar-refractivity contribution is 5.82. The monoisotopic (exact) mass is 710 g/mol. The van der Waals surface area contributed by atoms with Crippen molar-refractivity contribution in [2.24, 2.45) is 23.7 Å². The van der Waals surface area contributed by atoms with Gasteiger partial charge in [0.1, 0.15) is 6.10 Å². The molecule has 0 spiro atoms. The van der Waals surface area contributed by atoms with Gasteiger partial charge in [0, 0.05) is 24.8 Å². The van der Waals surface area contributed by atoms with Crippen LogP contribution in [-0.2, 0) is 14.3 Å². The second kappa shape index (κ2) is 22.8. The molecule has 0 fully saturated rings. The van der Waals surface area contributed by atoms with Crippen molar-refractivity contribution < 1.29 is 39.9 Å². The first-order valence-corrected chi connectivity index (χ1v) is 19.0. The SMILES string of the molecule is C/C(C=CC=C1C=C(/C(=C/C(=O)O)C2CCCC(=O)OC(C(C)C/C(C)=C/C(C)C(O)CC(C)O)C/C=C/CC2C)CC1)=C\CC(O)CC(C)O. The smallest absolute Gasteiger partial charge is 0.328 e. The number of allylic oxidation sites excluding steroid dienone is 10. The molecular weight excluding hydrogens is 644 g/mol. The summed E-state index contributed by atoms with van der Waals surface area (Å²) in [5.74, 6) is -1.07. The number of rotatable bonds is 16. The van der Waals surface area contributed by atoms with Crippen LogP contribution in [-0.4, -0.2) is 68.0 Å². The fraction of sp³-hybridized carbons (Fsp3) is 0.628. The topological polar surface area (TPSA) is 145 Å². The van der Waals surface area contributed by atoms with Crippen molar-refractivity contribution in [3.05, 3.63) is 82.5 Å². The van der Waals surface area contributed by atoms with E-state index in [1.165, 1.54) is 6.08 Å². The molecule has 9 atom stereocenters. The quantitative estimate of drug-likeness (QED) is 0.0468. The van der Waals surface area contributed by atoms with Crippen molar-refractivity contribution in [1.82, 2.24) is 0 Å². The summed E-state index contributed by atoms with van der Waals surface area (Å²) in [5, 5.41) is 49.4. The predicted octanol–water partition coefficient (Wildman–Crippen LogP) is 8.09. The Hall–Kier alpha value is -3.04. The number of hydrogen-bond acceptors (Lipinski definition) is 7. The Labute approximate surface area is 307 Å². The second-order valence-corrected chi connectivity index (χ2v) is 15.3. The van der Waals surface area contributed by atoms with Gasteiger partial charge in [-0.3, -0.25) is 4.79 Å². The molecule has 8 nitrogen and oxygen atoms in total. The third-order valence-corrected chi connectivity index (χ3v) is 10.0. The molecule has 286 valence electrons. The van der Waals surface area contributed by atoms with Crippen molar-refractivity contribution >= 4 is 11.9 Å². The van der Waals surface area contributed by atoms with Gasteiger partial charge in [-0.1, -0.05) is 80.5 Å². The molecule has 8 heteroatoms. The van der Waals surface area contributed by atoms with Gasteiger partial charge in [0.05, 0.1) is 24.4 Å². The van der Waals surface area contributed by atoms with Gasteiger partial charge in [0.25, 0.3) is 0 Å². The zero-order valence-corrected chi connectivity index (χ0v) is 32.1. The maximum atomic E-state index is 13.1. The minimum absolute atomic E-state index is 0.0222. The van der Waals surface area contributed by atoms with Gasteiger partial charge in [0.2, 0.25) is 0 Å². The average Bonchev–Trinajstić information content (AvgIpc) is 3.49. The van der Waals surface area contributed by atoms with Crippen LogP contribution < -0.4 is 0 Å². The van der Waals surface area contributed by atoms with Crippen LogP contribution in [0.1, 0.15) is 119 Å². The number of aliphatic hydroxyl groups is 4. The third kappa shape index (κ3) is 17.4. The Kier molecular flexibility index (Phi) is 19.7. The number of carboxylic acid groups (broad SMARTS) is 1. The van der Waals surface area contributed by atoms with Crippen molar-refractivity contribution in [2.45, 2.75) is 150 Å². The lowest BCUT2D eigenvalue weighted by Gasteiger charge is -2.28. The van der Waals surface area contributed by atoms with Crippen LogP contribution >= 0.6 is 0 Å². The van der Waals surface area contributed by atoms with Crippen LogP contribution in [0.3, 0.4) is 0 Å². The molecule has 5 N–H and O–H groups in total. The van der Waals surface area contributed by atoms with E-state index in [0.717, 1.165) is 53.5 Å². The number of cyclic esters (lactones) is 1. The molecule has 2 aliphatic rings. The highest BCUT2D eigenvalue weighted by Crippen LogP contribution is 2.39. The summed E-state index contributed by atoms with van der Waals surface area (Å²) in [6.07, 6.45) is 21.5. The summed E-state index contributed by atoms with van der Waals surface area (Å²) in [7, 11) is 0. The van der Waals surface area contributed by atoms with Crippen LogP contribution in [0.5, 0.6) is 0 Å². The number of carbonyl (C=O) groups is 2. The highest BCUT2D eigenvalue weighted by Gasteiger charge is 2.28. The molecule has 0 aromatic heterocycles. The Morgan fingerprint density at radius 3 is 2.33 bits per heavy atom. The molecule has 1 aliphatic carbocycles.